The van der Waals surface area contributed by atoms with Crippen LogP contribution in [0, 0.1) is 0 Å². The second kappa shape index (κ2) is 5.45. The number of hydrogen-bond acceptors (Lipinski definition) is 4. The van der Waals surface area contributed by atoms with E-state index in [4.69, 9.17) is 15.2 Å². The number of ether oxygens (including phenoxy) is 2. The van der Waals surface area contributed by atoms with Crippen molar-refractivity contribution < 1.29 is 9.47 Å². The summed E-state index contributed by atoms with van der Waals surface area (Å²) >= 11 is 0. The van der Waals surface area contributed by atoms with Crippen LogP contribution < -0.4 is 5.73 Å². The number of methoxy groups -OCH3 is 1. The van der Waals surface area contributed by atoms with Gasteiger partial charge in [-0.15, -0.1) is 0 Å². The molecule has 0 aromatic rings. The van der Waals surface area contributed by atoms with E-state index in [1.165, 1.54) is 6.42 Å². The fraction of sp³-hybridized carbons (Fsp3) is 1.00. The first-order chi connectivity index (χ1) is 7.80. The zero-order chi connectivity index (χ0) is 11.4. The minimum atomic E-state index is 0.108. The fourth-order valence-corrected chi connectivity index (χ4v) is 2.94. The largest absolute Gasteiger partial charge is 0.381 e. The van der Waals surface area contributed by atoms with Gasteiger partial charge in [0.1, 0.15) is 0 Å². The van der Waals surface area contributed by atoms with E-state index in [1.54, 1.807) is 0 Å². The number of nitrogens with two attached hydrogens (primary N) is 1. The van der Waals surface area contributed by atoms with Crippen LogP contribution in [0.1, 0.15) is 25.7 Å². The maximum Gasteiger partial charge on any atom is 0.0662 e. The van der Waals surface area contributed by atoms with Crippen molar-refractivity contribution in [2.75, 3.05) is 40.0 Å². The van der Waals surface area contributed by atoms with Gasteiger partial charge >= 0.3 is 0 Å². The van der Waals surface area contributed by atoms with Crippen molar-refractivity contribution in [2.24, 2.45) is 5.73 Å². The molecule has 2 fully saturated rings. The molecule has 2 rings (SSSR count). The standard InChI is InChI=1S/C12H24N2O2/c1-15-11-3-6-14(7-4-11)12(9-13)5-2-8-16-10-12/h11H,2-10,13H2,1H3. The van der Waals surface area contributed by atoms with Crippen LogP contribution in [0.3, 0.4) is 0 Å². The number of nitrogens with zero attached hydrogens (tertiary/aromatic N) is 1. The van der Waals surface area contributed by atoms with Crippen LogP contribution in [0.5, 0.6) is 0 Å². The van der Waals surface area contributed by atoms with Crippen LogP contribution in [-0.4, -0.2) is 56.5 Å². The molecule has 4 nitrogen and oxygen atoms in total. The fourth-order valence-electron chi connectivity index (χ4n) is 2.94. The third-order valence-electron chi connectivity index (χ3n) is 4.13. The zero-order valence-corrected chi connectivity index (χ0v) is 10.3. The Labute approximate surface area is 98.1 Å². The average Bonchev–Trinajstić information content (AvgIpc) is 2.39. The van der Waals surface area contributed by atoms with E-state index in [0.29, 0.717) is 12.6 Å². The zero-order valence-electron chi connectivity index (χ0n) is 10.3. The molecule has 0 saturated carbocycles. The van der Waals surface area contributed by atoms with Gasteiger partial charge in [0.25, 0.3) is 0 Å². The maximum absolute atomic E-state index is 5.98. The molecule has 2 aliphatic rings. The van der Waals surface area contributed by atoms with Crippen LogP contribution >= 0.6 is 0 Å². The van der Waals surface area contributed by atoms with E-state index < -0.39 is 0 Å². The molecule has 2 N–H and O–H groups in total. The molecule has 0 bridgehead atoms. The summed E-state index contributed by atoms with van der Waals surface area (Å²) in [6.45, 7) is 4.61. The Bertz CT molecular complexity index is 209. The Morgan fingerprint density at radius 2 is 2.19 bits per heavy atom. The van der Waals surface area contributed by atoms with Crippen LogP contribution in [0.15, 0.2) is 0 Å². The van der Waals surface area contributed by atoms with Gasteiger partial charge in [-0.2, -0.15) is 0 Å². The molecular weight excluding hydrogens is 204 g/mol. The molecule has 4 heteroatoms. The molecule has 0 spiro atoms. The first kappa shape index (κ1) is 12.3. The average molecular weight is 228 g/mol. The van der Waals surface area contributed by atoms with E-state index in [9.17, 15) is 0 Å². The van der Waals surface area contributed by atoms with Gasteiger partial charge in [0.05, 0.1) is 18.2 Å². The maximum atomic E-state index is 5.98. The van der Waals surface area contributed by atoms with Crippen LogP contribution in [-0.2, 0) is 9.47 Å². The molecule has 0 radical (unpaired) electrons. The molecule has 0 aromatic carbocycles. The predicted octanol–water partition coefficient (Wildman–Crippen LogP) is 0.605. The molecule has 2 heterocycles. The summed E-state index contributed by atoms with van der Waals surface area (Å²) in [7, 11) is 1.81. The van der Waals surface area contributed by atoms with E-state index in [1.807, 2.05) is 7.11 Å². The van der Waals surface area contributed by atoms with Gasteiger partial charge in [0.2, 0.25) is 0 Å². The van der Waals surface area contributed by atoms with Crippen molar-refractivity contribution >= 4 is 0 Å². The monoisotopic (exact) mass is 228 g/mol. The molecule has 94 valence electrons. The highest BCUT2D eigenvalue weighted by atomic mass is 16.5. The van der Waals surface area contributed by atoms with Gasteiger partial charge in [-0.1, -0.05) is 0 Å². The summed E-state index contributed by atoms with van der Waals surface area (Å²) in [4.78, 5) is 2.53. The smallest absolute Gasteiger partial charge is 0.0662 e. The number of hydrogen-bond donors (Lipinski definition) is 1. The summed E-state index contributed by atoms with van der Waals surface area (Å²) in [5.74, 6) is 0. The Kier molecular flexibility index (Phi) is 4.19. The molecule has 1 atom stereocenters. The van der Waals surface area contributed by atoms with Crippen LogP contribution in [0.4, 0.5) is 0 Å². The summed E-state index contributed by atoms with van der Waals surface area (Å²) < 4.78 is 11.0. The topological polar surface area (TPSA) is 47.7 Å². The number of likely N-dealkylation sites (tertiary alicyclic amines) is 1. The van der Waals surface area contributed by atoms with Crippen LogP contribution in [0.2, 0.25) is 0 Å². The quantitative estimate of drug-likeness (QED) is 0.768. The van der Waals surface area contributed by atoms with E-state index in [-0.39, 0.29) is 5.54 Å². The van der Waals surface area contributed by atoms with Crippen molar-refractivity contribution in [3.8, 4) is 0 Å². The molecule has 0 aromatic heterocycles. The normalized spacial score (nSPS) is 34.1. The SMILES string of the molecule is COC1CCN(C2(CN)CCCOC2)CC1. The molecule has 1 unspecified atom stereocenters. The third-order valence-corrected chi connectivity index (χ3v) is 4.13. The van der Waals surface area contributed by atoms with Gasteiger partial charge in [-0.05, 0) is 25.7 Å². The summed E-state index contributed by atoms with van der Waals surface area (Å²) in [6, 6.07) is 0. The first-order valence-corrected chi connectivity index (χ1v) is 6.36. The van der Waals surface area contributed by atoms with Crippen molar-refractivity contribution in [2.45, 2.75) is 37.3 Å². The highest BCUT2D eigenvalue weighted by molar-refractivity contribution is 4.95. The van der Waals surface area contributed by atoms with Gasteiger partial charge in [0, 0.05) is 33.4 Å². The van der Waals surface area contributed by atoms with Crippen molar-refractivity contribution in [3.05, 3.63) is 0 Å². The molecule has 2 aliphatic heterocycles. The van der Waals surface area contributed by atoms with Crippen molar-refractivity contribution in [1.29, 1.82) is 0 Å². The van der Waals surface area contributed by atoms with E-state index >= 15 is 0 Å². The molecule has 0 amide bonds. The first-order valence-electron chi connectivity index (χ1n) is 6.36. The van der Waals surface area contributed by atoms with E-state index in [0.717, 1.165) is 45.6 Å². The second-order valence-electron chi connectivity index (χ2n) is 5.01. The summed E-state index contributed by atoms with van der Waals surface area (Å²) in [5.41, 5.74) is 6.09. The Hall–Kier alpha value is -0.160. The summed E-state index contributed by atoms with van der Waals surface area (Å²) in [6.07, 6.45) is 5.01. The Morgan fingerprint density at radius 3 is 2.69 bits per heavy atom. The van der Waals surface area contributed by atoms with Gasteiger partial charge < -0.3 is 15.2 Å². The molecule has 0 aliphatic carbocycles. The van der Waals surface area contributed by atoms with Gasteiger partial charge in [-0.25, -0.2) is 0 Å². The Morgan fingerprint density at radius 1 is 1.44 bits per heavy atom. The minimum Gasteiger partial charge on any atom is -0.381 e. The minimum absolute atomic E-state index is 0.108. The predicted molar refractivity (Wildman–Crippen MR) is 63.4 cm³/mol. The lowest BCUT2D eigenvalue weighted by Crippen LogP contribution is -2.61. The van der Waals surface area contributed by atoms with Gasteiger partial charge in [0.15, 0.2) is 0 Å². The van der Waals surface area contributed by atoms with Crippen LogP contribution in [0.25, 0.3) is 0 Å². The third kappa shape index (κ3) is 2.40. The summed E-state index contributed by atoms with van der Waals surface area (Å²) in [5, 5.41) is 0. The lowest BCUT2D eigenvalue weighted by molar-refractivity contribution is -0.0695. The highest BCUT2D eigenvalue weighted by Crippen LogP contribution is 2.28. The number of piperidine rings is 1. The lowest BCUT2D eigenvalue weighted by Gasteiger charge is -2.48. The lowest BCUT2D eigenvalue weighted by atomic mass is 9.88. The van der Waals surface area contributed by atoms with Gasteiger partial charge in [-0.3, -0.25) is 4.90 Å². The highest BCUT2D eigenvalue weighted by Gasteiger charge is 2.39. The van der Waals surface area contributed by atoms with E-state index in [2.05, 4.69) is 4.90 Å². The second-order valence-corrected chi connectivity index (χ2v) is 5.01. The van der Waals surface area contributed by atoms with Crippen molar-refractivity contribution in [3.63, 3.8) is 0 Å². The van der Waals surface area contributed by atoms with Crippen molar-refractivity contribution in [1.82, 2.24) is 4.90 Å². The Balaban J connectivity index is 1.94. The molecule has 16 heavy (non-hydrogen) atoms. The molecular formula is C12H24N2O2. The number of rotatable bonds is 3. The molecule has 2 saturated heterocycles.